The van der Waals surface area contributed by atoms with Gasteiger partial charge in [-0.25, -0.2) is 0 Å². The highest BCUT2D eigenvalue weighted by Crippen LogP contribution is 2.32. The molecule has 1 aliphatic rings. The molecule has 12 heavy (non-hydrogen) atoms. The molecule has 2 heteroatoms. The Bertz CT molecular complexity index is 121. The molecule has 0 aromatic carbocycles. The van der Waals surface area contributed by atoms with Gasteiger partial charge >= 0.3 is 0 Å². The van der Waals surface area contributed by atoms with E-state index in [1.54, 1.807) is 0 Å². The van der Waals surface area contributed by atoms with Crippen molar-refractivity contribution in [1.29, 1.82) is 0 Å². The van der Waals surface area contributed by atoms with Crippen LogP contribution in [0.15, 0.2) is 0 Å². The predicted molar refractivity (Wildman–Crippen MR) is 51.0 cm³/mol. The SMILES string of the molecule is CC(C)C(N)COCCC1CC1. The third kappa shape index (κ3) is 4.07. The summed E-state index contributed by atoms with van der Waals surface area (Å²) < 4.78 is 5.48. The molecule has 0 heterocycles. The fourth-order valence-corrected chi connectivity index (χ4v) is 1.07. The summed E-state index contributed by atoms with van der Waals surface area (Å²) in [5.74, 6) is 1.51. The first-order valence-electron chi connectivity index (χ1n) is 5.03. The quantitative estimate of drug-likeness (QED) is 0.618. The van der Waals surface area contributed by atoms with Crippen molar-refractivity contribution in [2.75, 3.05) is 13.2 Å². The van der Waals surface area contributed by atoms with Crippen LogP contribution in [-0.4, -0.2) is 19.3 Å². The summed E-state index contributed by atoms with van der Waals surface area (Å²) in [6, 6.07) is 0.212. The van der Waals surface area contributed by atoms with Crippen molar-refractivity contribution in [3.8, 4) is 0 Å². The zero-order chi connectivity index (χ0) is 8.97. The topological polar surface area (TPSA) is 35.2 Å². The fourth-order valence-electron chi connectivity index (χ4n) is 1.07. The Labute approximate surface area is 75.5 Å². The molecule has 1 unspecified atom stereocenters. The maximum absolute atomic E-state index is 5.82. The molecule has 0 aliphatic heterocycles. The second-order valence-corrected chi connectivity index (χ2v) is 4.21. The first-order chi connectivity index (χ1) is 5.70. The Morgan fingerprint density at radius 3 is 2.58 bits per heavy atom. The largest absolute Gasteiger partial charge is 0.380 e. The van der Waals surface area contributed by atoms with Crippen molar-refractivity contribution in [3.05, 3.63) is 0 Å². The van der Waals surface area contributed by atoms with Gasteiger partial charge in [-0.1, -0.05) is 26.7 Å². The van der Waals surface area contributed by atoms with Gasteiger partial charge in [0.15, 0.2) is 0 Å². The monoisotopic (exact) mass is 171 g/mol. The zero-order valence-corrected chi connectivity index (χ0v) is 8.25. The van der Waals surface area contributed by atoms with Gasteiger partial charge in [0.1, 0.15) is 0 Å². The summed E-state index contributed by atoms with van der Waals surface area (Å²) in [5.41, 5.74) is 5.82. The van der Waals surface area contributed by atoms with Crippen molar-refractivity contribution in [2.45, 2.75) is 39.2 Å². The van der Waals surface area contributed by atoms with Crippen molar-refractivity contribution in [2.24, 2.45) is 17.6 Å². The van der Waals surface area contributed by atoms with Crippen molar-refractivity contribution < 1.29 is 4.74 Å². The molecule has 1 atom stereocenters. The van der Waals surface area contributed by atoms with Crippen LogP contribution in [0.25, 0.3) is 0 Å². The van der Waals surface area contributed by atoms with E-state index in [9.17, 15) is 0 Å². The van der Waals surface area contributed by atoms with Gasteiger partial charge in [0, 0.05) is 12.6 Å². The molecule has 0 radical (unpaired) electrons. The maximum atomic E-state index is 5.82. The first kappa shape index (κ1) is 10.0. The van der Waals surface area contributed by atoms with Crippen LogP contribution in [0.3, 0.4) is 0 Å². The number of ether oxygens (including phenoxy) is 1. The molecule has 1 aliphatic carbocycles. The molecule has 0 saturated heterocycles. The van der Waals surface area contributed by atoms with Crippen LogP contribution in [0.5, 0.6) is 0 Å². The Balaban J connectivity index is 1.86. The minimum absolute atomic E-state index is 0.212. The lowest BCUT2D eigenvalue weighted by atomic mass is 10.1. The minimum Gasteiger partial charge on any atom is -0.380 e. The van der Waals surface area contributed by atoms with Gasteiger partial charge in [-0.05, 0) is 18.3 Å². The first-order valence-corrected chi connectivity index (χ1v) is 5.03. The zero-order valence-electron chi connectivity index (χ0n) is 8.25. The van der Waals surface area contributed by atoms with Gasteiger partial charge < -0.3 is 10.5 Å². The van der Waals surface area contributed by atoms with Gasteiger partial charge in [0.25, 0.3) is 0 Å². The lowest BCUT2D eigenvalue weighted by Gasteiger charge is -2.15. The van der Waals surface area contributed by atoms with E-state index in [4.69, 9.17) is 10.5 Å². The van der Waals surface area contributed by atoms with Crippen molar-refractivity contribution >= 4 is 0 Å². The average Bonchev–Trinajstić information content (AvgIpc) is 2.80. The van der Waals surface area contributed by atoms with E-state index < -0.39 is 0 Å². The molecule has 2 nitrogen and oxygen atoms in total. The lowest BCUT2D eigenvalue weighted by molar-refractivity contribution is 0.105. The van der Waals surface area contributed by atoms with Gasteiger partial charge in [0.05, 0.1) is 6.61 Å². The minimum atomic E-state index is 0.212. The van der Waals surface area contributed by atoms with E-state index in [1.807, 2.05) is 0 Å². The van der Waals surface area contributed by atoms with Crippen LogP contribution in [0.4, 0.5) is 0 Å². The Morgan fingerprint density at radius 2 is 2.08 bits per heavy atom. The summed E-state index contributed by atoms with van der Waals surface area (Å²) in [4.78, 5) is 0. The number of hydrogen-bond donors (Lipinski definition) is 1. The van der Waals surface area contributed by atoms with Gasteiger partial charge in [-0.15, -0.1) is 0 Å². The maximum Gasteiger partial charge on any atom is 0.0619 e. The van der Waals surface area contributed by atoms with E-state index in [1.165, 1.54) is 19.3 Å². The van der Waals surface area contributed by atoms with E-state index in [0.29, 0.717) is 5.92 Å². The third-order valence-electron chi connectivity index (χ3n) is 2.53. The number of hydrogen-bond acceptors (Lipinski definition) is 2. The molecule has 0 spiro atoms. The van der Waals surface area contributed by atoms with Gasteiger partial charge in [0.2, 0.25) is 0 Å². The van der Waals surface area contributed by atoms with Crippen LogP contribution < -0.4 is 5.73 Å². The highest BCUT2D eigenvalue weighted by Gasteiger charge is 2.20. The van der Waals surface area contributed by atoms with E-state index in [2.05, 4.69) is 13.8 Å². The molecule has 72 valence electrons. The summed E-state index contributed by atoms with van der Waals surface area (Å²) in [6.07, 6.45) is 4.07. The summed E-state index contributed by atoms with van der Waals surface area (Å²) in [6.45, 7) is 5.90. The van der Waals surface area contributed by atoms with Crippen LogP contribution >= 0.6 is 0 Å². The molecule has 1 fully saturated rings. The highest BCUT2D eigenvalue weighted by molar-refractivity contribution is 4.72. The van der Waals surface area contributed by atoms with Crippen LogP contribution in [0.2, 0.25) is 0 Å². The molecular weight excluding hydrogens is 150 g/mol. The molecule has 1 saturated carbocycles. The highest BCUT2D eigenvalue weighted by atomic mass is 16.5. The smallest absolute Gasteiger partial charge is 0.0619 e. The van der Waals surface area contributed by atoms with Gasteiger partial charge in [-0.2, -0.15) is 0 Å². The standard InChI is InChI=1S/C10H21NO/c1-8(2)10(11)7-12-6-5-9-3-4-9/h8-10H,3-7,11H2,1-2H3. The fraction of sp³-hybridized carbons (Fsp3) is 1.00. The van der Waals surface area contributed by atoms with E-state index in [0.717, 1.165) is 19.1 Å². The molecule has 2 N–H and O–H groups in total. The number of nitrogens with two attached hydrogens (primary N) is 1. The molecule has 0 aromatic rings. The molecule has 0 amide bonds. The third-order valence-corrected chi connectivity index (χ3v) is 2.53. The average molecular weight is 171 g/mol. The van der Waals surface area contributed by atoms with Crippen LogP contribution in [0, 0.1) is 11.8 Å². The molecule has 1 rings (SSSR count). The Kier molecular flexibility index (Phi) is 4.02. The summed E-state index contributed by atoms with van der Waals surface area (Å²) in [7, 11) is 0. The second-order valence-electron chi connectivity index (χ2n) is 4.21. The van der Waals surface area contributed by atoms with E-state index >= 15 is 0 Å². The van der Waals surface area contributed by atoms with E-state index in [-0.39, 0.29) is 6.04 Å². The van der Waals surface area contributed by atoms with Crippen molar-refractivity contribution in [3.63, 3.8) is 0 Å². The molecule has 0 aromatic heterocycles. The molecular formula is C10H21NO. The van der Waals surface area contributed by atoms with Crippen LogP contribution in [0.1, 0.15) is 33.1 Å². The summed E-state index contributed by atoms with van der Waals surface area (Å²) >= 11 is 0. The molecule has 0 bridgehead atoms. The van der Waals surface area contributed by atoms with Crippen molar-refractivity contribution in [1.82, 2.24) is 0 Å². The Morgan fingerprint density at radius 1 is 1.42 bits per heavy atom. The van der Waals surface area contributed by atoms with Crippen LogP contribution in [-0.2, 0) is 4.74 Å². The van der Waals surface area contributed by atoms with Gasteiger partial charge in [-0.3, -0.25) is 0 Å². The second kappa shape index (κ2) is 4.83. The number of rotatable bonds is 6. The lowest BCUT2D eigenvalue weighted by Crippen LogP contribution is -2.31. The Hall–Kier alpha value is -0.0800. The normalized spacial score (nSPS) is 20.0. The predicted octanol–water partition coefficient (Wildman–Crippen LogP) is 1.79. The summed E-state index contributed by atoms with van der Waals surface area (Å²) in [5, 5.41) is 0.